The summed E-state index contributed by atoms with van der Waals surface area (Å²) in [5, 5.41) is 3.13. The topological polar surface area (TPSA) is 50.2 Å². The lowest BCUT2D eigenvalue weighted by Crippen LogP contribution is -2.11. The molecule has 4 nitrogen and oxygen atoms in total. The lowest BCUT2D eigenvalue weighted by Gasteiger charge is -2.04. The maximum Gasteiger partial charge on any atom is 0.269 e. The molecule has 4 rings (SSSR count). The minimum atomic E-state index is -0.299. The monoisotopic (exact) mass is 305 g/mol. The first kappa shape index (κ1) is 13.5. The van der Waals surface area contributed by atoms with Gasteiger partial charge in [0.05, 0.1) is 11.2 Å². The van der Waals surface area contributed by atoms with E-state index in [9.17, 15) is 9.18 Å². The Balaban J connectivity index is 2.09. The van der Waals surface area contributed by atoms with Crippen LogP contribution >= 0.6 is 0 Å². The maximum atomic E-state index is 13.2. The third-order valence-electron chi connectivity index (χ3n) is 3.79. The summed E-state index contributed by atoms with van der Waals surface area (Å²) in [5.41, 5.74) is 4.01. The molecule has 0 saturated carbocycles. The first-order valence-electron chi connectivity index (χ1n) is 7.14. The molecule has 3 heterocycles. The first-order chi connectivity index (χ1) is 11.2. The normalized spacial score (nSPS) is 11.0. The molecule has 1 aromatic carbocycles. The van der Waals surface area contributed by atoms with Gasteiger partial charge < -0.3 is 0 Å². The Morgan fingerprint density at radius 3 is 2.39 bits per heavy atom. The number of rotatable bonds is 2. The van der Waals surface area contributed by atoms with Gasteiger partial charge in [0.15, 0.2) is 0 Å². The Morgan fingerprint density at radius 2 is 1.65 bits per heavy atom. The summed E-state index contributed by atoms with van der Waals surface area (Å²) in [6.45, 7) is 0. The Hall–Kier alpha value is -3.21. The van der Waals surface area contributed by atoms with Crippen LogP contribution in [0.3, 0.4) is 0 Å². The van der Waals surface area contributed by atoms with E-state index in [1.165, 1.54) is 22.7 Å². The molecule has 0 radical (unpaired) electrons. The Morgan fingerprint density at radius 1 is 0.913 bits per heavy atom. The fraction of sp³-hybridized carbons (Fsp3) is 0. The molecule has 23 heavy (non-hydrogen) atoms. The average molecular weight is 305 g/mol. The minimum Gasteiger partial charge on any atom is -0.290 e. The van der Waals surface area contributed by atoms with E-state index in [4.69, 9.17) is 0 Å². The van der Waals surface area contributed by atoms with Crippen molar-refractivity contribution in [3.05, 3.63) is 83.2 Å². The Kier molecular flexibility index (Phi) is 3.05. The van der Waals surface area contributed by atoms with Gasteiger partial charge in [0.25, 0.3) is 5.56 Å². The van der Waals surface area contributed by atoms with E-state index >= 15 is 0 Å². The average Bonchev–Trinajstić information content (AvgIpc) is 2.97. The zero-order valence-corrected chi connectivity index (χ0v) is 12.0. The molecule has 0 atom stereocenters. The molecular weight excluding hydrogens is 293 g/mol. The van der Waals surface area contributed by atoms with Gasteiger partial charge in [-0.2, -0.15) is 0 Å². The third kappa shape index (κ3) is 2.23. The van der Waals surface area contributed by atoms with Crippen molar-refractivity contribution >= 4 is 5.52 Å². The number of fused-ring (bicyclic) bond motifs is 1. The highest BCUT2D eigenvalue weighted by atomic mass is 19.1. The molecule has 3 aromatic heterocycles. The van der Waals surface area contributed by atoms with Gasteiger partial charge in [-0.15, -0.1) is 0 Å². The number of aromatic amines is 1. The molecule has 112 valence electrons. The zero-order chi connectivity index (χ0) is 15.8. The lowest BCUT2D eigenvalue weighted by atomic mass is 10.0. The van der Waals surface area contributed by atoms with E-state index in [2.05, 4.69) is 10.1 Å². The predicted molar refractivity (Wildman–Crippen MR) is 86.6 cm³/mol. The minimum absolute atomic E-state index is 0.147. The summed E-state index contributed by atoms with van der Waals surface area (Å²) >= 11 is 0. The van der Waals surface area contributed by atoms with Crippen molar-refractivity contribution in [3.8, 4) is 22.4 Å². The van der Waals surface area contributed by atoms with E-state index in [1.54, 1.807) is 30.6 Å². The maximum absolute atomic E-state index is 13.2. The molecule has 0 aliphatic heterocycles. The number of pyridine rings is 2. The van der Waals surface area contributed by atoms with Crippen molar-refractivity contribution < 1.29 is 4.39 Å². The molecule has 0 bridgehead atoms. The summed E-state index contributed by atoms with van der Waals surface area (Å²) in [6, 6.07) is 15.0. The fourth-order valence-electron chi connectivity index (χ4n) is 2.73. The predicted octanol–water partition coefficient (Wildman–Crippen LogP) is 3.50. The number of nitrogens with zero attached hydrogens (tertiary/aromatic N) is 2. The smallest absolute Gasteiger partial charge is 0.269 e. The van der Waals surface area contributed by atoms with Crippen LogP contribution in [0.25, 0.3) is 27.9 Å². The summed E-state index contributed by atoms with van der Waals surface area (Å²) in [4.78, 5) is 16.2. The Labute approximate surface area is 130 Å². The summed E-state index contributed by atoms with van der Waals surface area (Å²) in [7, 11) is 0. The number of hydrogen-bond donors (Lipinski definition) is 1. The second-order valence-corrected chi connectivity index (χ2v) is 5.19. The van der Waals surface area contributed by atoms with Crippen molar-refractivity contribution in [2.45, 2.75) is 0 Å². The van der Waals surface area contributed by atoms with Gasteiger partial charge in [0, 0.05) is 29.6 Å². The van der Waals surface area contributed by atoms with Crippen LogP contribution in [0, 0.1) is 5.82 Å². The fourth-order valence-corrected chi connectivity index (χ4v) is 2.73. The van der Waals surface area contributed by atoms with E-state index in [0.29, 0.717) is 0 Å². The van der Waals surface area contributed by atoms with Crippen molar-refractivity contribution in [2.75, 3.05) is 0 Å². The highest BCUT2D eigenvalue weighted by Gasteiger charge is 2.15. The van der Waals surface area contributed by atoms with Crippen LogP contribution in [0.1, 0.15) is 0 Å². The van der Waals surface area contributed by atoms with Crippen molar-refractivity contribution in [1.29, 1.82) is 0 Å². The summed E-state index contributed by atoms with van der Waals surface area (Å²) in [6.07, 6.45) is 3.41. The number of nitrogens with one attached hydrogen (secondary N) is 1. The molecule has 1 N–H and O–H groups in total. The molecule has 0 fully saturated rings. The number of halogens is 1. The summed E-state index contributed by atoms with van der Waals surface area (Å²) < 4.78 is 14.7. The van der Waals surface area contributed by atoms with Gasteiger partial charge in [0.2, 0.25) is 0 Å². The van der Waals surface area contributed by atoms with Gasteiger partial charge in [-0.05, 0) is 48.0 Å². The number of benzene rings is 1. The van der Waals surface area contributed by atoms with Gasteiger partial charge in [-0.25, -0.2) is 8.91 Å². The van der Waals surface area contributed by atoms with Gasteiger partial charge in [-0.3, -0.25) is 14.9 Å². The molecule has 0 unspecified atom stereocenters. The second-order valence-electron chi connectivity index (χ2n) is 5.19. The quantitative estimate of drug-likeness (QED) is 0.616. The van der Waals surface area contributed by atoms with Crippen molar-refractivity contribution in [2.24, 2.45) is 0 Å². The molecule has 0 aliphatic carbocycles. The van der Waals surface area contributed by atoms with Crippen LogP contribution in [-0.2, 0) is 0 Å². The standard InChI is InChI=1S/C18H12FN3O/c19-14-6-4-13(5-7-14)18-17(12-8-10-20-11-9-12)15-2-1-3-16(23)22(15)21-18/h1-11,21H. The molecule has 0 saturated heterocycles. The molecule has 0 amide bonds. The van der Waals surface area contributed by atoms with Gasteiger partial charge in [-0.1, -0.05) is 6.07 Å². The largest absolute Gasteiger partial charge is 0.290 e. The molecular formula is C18H12FN3O. The second kappa shape index (κ2) is 5.21. The molecule has 0 spiro atoms. The Bertz CT molecular complexity index is 1030. The SMILES string of the molecule is O=c1cccc2c(-c3ccncc3)c(-c3ccc(F)cc3)[nH]n12. The molecule has 0 aliphatic rings. The first-order valence-corrected chi connectivity index (χ1v) is 7.14. The van der Waals surface area contributed by atoms with Crippen LogP contribution < -0.4 is 5.56 Å². The molecule has 5 heteroatoms. The number of hydrogen-bond acceptors (Lipinski definition) is 2. The van der Waals surface area contributed by atoms with E-state index < -0.39 is 0 Å². The van der Waals surface area contributed by atoms with Crippen LogP contribution in [0.15, 0.2) is 71.8 Å². The van der Waals surface area contributed by atoms with E-state index in [0.717, 1.165) is 27.9 Å². The highest BCUT2D eigenvalue weighted by Crippen LogP contribution is 2.34. The van der Waals surface area contributed by atoms with Crippen molar-refractivity contribution in [1.82, 2.24) is 14.6 Å². The highest BCUT2D eigenvalue weighted by molar-refractivity contribution is 5.91. The zero-order valence-electron chi connectivity index (χ0n) is 12.0. The van der Waals surface area contributed by atoms with E-state index in [-0.39, 0.29) is 11.4 Å². The van der Waals surface area contributed by atoms with Crippen LogP contribution in [0.5, 0.6) is 0 Å². The summed E-state index contributed by atoms with van der Waals surface area (Å²) in [5.74, 6) is -0.299. The molecule has 4 aromatic rings. The van der Waals surface area contributed by atoms with Gasteiger partial charge >= 0.3 is 0 Å². The van der Waals surface area contributed by atoms with Crippen LogP contribution in [0.4, 0.5) is 4.39 Å². The third-order valence-corrected chi connectivity index (χ3v) is 3.79. The van der Waals surface area contributed by atoms with Gasteiger partial charge in [0.1, 0.15) is 5.82 Å². The van der Waals surface area contributed by atoms with Crippen LogP contribution in [-0.4, -0.2) is 14.6 Å². The van der Waals surface area contributed by atoms with Crippen LogP contribution in [0.2, 0.25) is 0 Å². The number of H-pyrrole nitrogens is 1. The lowest BCUT2D eigenvalue weighted by molar-refractivity contribution is 0.628. The number of aromatic nitrogens is 3. The van der Waals surface area contributed by atoms with Crippen molar-refractivity contribution in [3.63, 3.8) is 0 Å². The van der Waals surface area contributed by atoms with E-state index in [1.807, 2.05) is 18.2 Å².